The molecule has 3 heteroatoms. The summed E-state index contributed by atoms with van der Waals surface area (Å²) < 4.78 is 4.90. The first-order chi connectivity index (χ1) is 9.66. The van der Waals surface area contributed by atoms with Crippen LogP contribution < -0.4 is 0 Å². The van der Waals surface area contributed by atoms with E-state index in [9.17, 15) is 4.79 Å². The molecular formula is C17H32O3. The zero-order valence-electron chi connectivity index (χ0n) is 13.3. The maximum atomic E-state index is 11.3. The van der Waals surface area contributed by atoms with Crippen molar-refractivity contribution in [3.63, 3.8) is 0 Å². The minimum atomic E-state index is -0.565. The van der Waals surface area contributed by atoms with Gasteiger partial charge in [0, 0.05) is 6.42 Å². The van der Waals surface area contributed by atoms with Gasteiger partial charge in [0.1, 0.15) is 6.61 Å². The van der Waals surface area contributed by atoms with E-state index in [0.717, 1.165) is 12.8 Å². The number of ether oxygens (including phenoxy) is 1. The lowest BCUT2D eigenvalue weighted by molar-refractivity contribution is -0.146. The summed E-state index contributed by atoms with van der Waals surface area (Å²) in [7, 11) is 0. The Labute approximate surface area is 124 Å². The normalized spacial score (nSPS) is 12.8. The van der Waals surface area contributed by atoms with Crippen LogP contribution in [0.3, 0.4) is 0 Å². The van der Waals surface area contributed by atoms with Gasteiger partial charge >= 0.3 is 5.97 Å². The number of hydrogen-bond acceptors (Lipinski definition) is 3. The van der Waals surface area contributed by atoms with Crippen molar-refractivity contribution in [1.29, 1.82) is 0 Å². The van der Waals surface area contributed by atoms with E-state index in [-0.39, 0.29) is 12.6 Å². The molecule has 1 unspecified atom stereocenters. The van der Waals surface area contributed by atoms with Gasteiger partial charge in [-0.1, -0.05) is 51.2 Å². The summed E-state index contributed by atoms with van der Waals surface area (Å²) in [6.45, 7) is 3.95. The van der Waals surface area contributed by atoms with Gasteiger partial charge in [0.2, 0.25) is 0 Å². The van der Waals surface area contributed by atoms with Crippen LogP contribution in [0, 0.1) is 0 Å². The van der Waals surface area contributed by atoms with E-state index < -0.39 is 6.10 Å². The molecule has 0 bridgehead atoms. The topological polar surface area (TPSA) is 46.5 Å². The van der Waals surface area contributed by atoms with Crippen LogP contribution in [0.15, 0.2) is 12.2 Å². The third-order valence-corrected chi connectivity index (χ3v) is 3.13. The number of carbonyl (C=O) groups excluding carboxylic acids is 1. The van der Waals surface area contributed by atoms with Crippen molar-refractivity contribution in [2.45, 2.75) is 84.2 Å². The smallest absolute Gasteiger partial charge is 0.305 e. The van der Waals surface area contributed by atoms with Gasteiger partial charge in [-0.05, 0) is 32.6 Å². The average molecular weight is 284 g/mol. The van der Waals surface area contributed by atoms with Crippen LogP contribution in [0.4, 0.5) is 0 Å². The molecule has 118 valence electrons. The standard InChI is InChI=1S/C17H32O3/c1-3-4-5-6-7-8-9-10-11-12-13-14-17(19)20-15-16(2)18/h6-7,16,18H,3-5,8-15H2,1-2H3/b7-6-. The molecule has 0 aliphatic heterocycles. The molecule has 0 aliphatic rings. The van der Waals surface area contributed by atoms with E-state index in [4.69, 9.17) is 9.84 Å². The lowest BCUT2D eigenvalue weighted by Crippen LogP contribution is -2.14. The van der Waals surface area contributed by atoms with Crippen LogP contribution in [0.5, 0.6) is 0 Å². The molecule has 3 nitrogen and oxygen atoms in total. The van der Waals surface area contributed by atoms with Crippen molar-refractivity contribution in [2.75, 3.05) is 6.61 Å². The Hall–Kier alpha value is -0.830. The number of allylic oxidation sites excluding steroid dienone is 2. The van der Waals surface area contributed by atoms with Gasteiger partial charge in [-0.25, -0.2) is 0 Å². The maximum absolute atomic E-state index is 11.3. The SMILES string of the molecule is CCCC/C=C\CCCCCCCC(=O)OCC(C)O. The molecule has 0 aromatic heterocycles. The summed E-state index contributed by atoms with van der Waals surface area (Å²) in [5.41, 5.74) is 0. The summed E-state index contributed by atoms with van der Waals surface area (Å²) in [6.07, 6.45) is 15.1. The summed E-state index contributed by atoms with van der Waals surface area (Å²) >= 11 is 0. The molecule has 0 saturated carbocycles. The van der Waals surface area contributed by atoms with Crippen molar-refractivity contribution in [1.82, 2.24) is 0 Å². The number of esters is 1. The largest absolute Gasteiger partial charge is 0.463 e. The molecule has 0 saturated heterocycles. The predicted molar refractivity (Wildman–Crippen MR) is 83.6 cm³/mol. The van der Waals surface area contributed by atoms with E-state index in [1.165, 1.54) is 44.9 Å². The summed E-state index contributed by atoms with van der Waals surface area (Å²) in [5.74, 6) is -0.190. The number of rotatable bonds is 13. The Kier molecular flexibility index (Phi) is 14.0. The molecule has 0 aromatic rings. The van der Waals surface area contributed by atoms with Crippen molar-refractivity contribution < 1.29 is 14.6 Å². The van der Waals surface area contributed by atoms with Gasteiger partial charge in [0.25, 0.3) is 0 Å². The van der Waals surface area contributed by atoms with Crippen molar-refractivity contribution in [2.24, 2.45) is 0 Å². The van der Waals surface area contributed by atoms with Gasteiger partial charge < -0.3 is 9.84 Å². The van der Waals surface area contributed by atoms with E-state index in [2.05, 4.69) is 19.1 Å². The molecule has 20 heavy (non-hydrogen) atoms. The van der Waals surface area contributed by atoms with Crippen molar-refractivity contribution >= 4 is 5.97 Å². The molecule has 0 fully saturated rings. The molecule has 0 spiro atoms. The molecule has 0 aromatic carbocycles. The Morgan fingerprint density at radius 1 is 1.05 bits per heavy atom. The molecule has 1 N–H and O–H groups in total. The van der Waals surface area contributed by atoms with Gasteiger partial charge in [-0.3, -0.25) is 4.79 Å². The number of hydrogen-bond donors (Lipinski definition) is 1. The molecule has 0 heterocycles. The lowest BCUT2D eigenvalue weighted by atomic mass is 10.1. The molecule has 1 atom stereocenters. The van der Waals surface area contributed by atoms with Crippen LogP contribution >= 0.6 is 0 Å². The average Bonchev–Trinajstić information content (AvgIpc) is 2.42. The minimum absolute atomic E-state index is 0.114. The second-order valence-corrected chi connectivity index (χ2v) is 5.45. The van der Waals surface area contributed by atoms with Crippen LogP contribution in [-0.4, -0.2) is 23.8 Å². The summed E-state index contributed by atoms with van der Waals surface area (Å²) in [5, 5.41) is 8.98. The fourth-order valence-corrected chi connectivity index (χ4v) is 1.91. The van der Waals surface area contributed by atoms with Crippen LogP contribution in [0.1, 0.15) is 78.1 Å². The Balaban J connectivity index is 3.20. The predicted octanol–water partition coefficient (Wildman–Crippen LogP) is 4.39. The highest BCUT2D eigenvalue weighted by molar-refractivity contribution is 5.69. The third kappa shape index (κ3) is 15.2. The minimum Gasteiger partial charge on any atom is -0.463 e. The van der Waals surface area contributed by atoms with E-state index in [1.807, 2.05) is 0 Å². The van der Waals surface area contributed by atoms with Gasteiger partial charge in [-0.15, -0.1) is 0 Å². The van der Waals surface area contributed by atoms with Gasteiger partial charge in [0.05, 0.1) is 6.10 Å². The fraction of sp³-hybridized carbons (Fsp3) is 0.824. The van der Waals surface area contributed by atoms with E-state index in [0.29, 0.717) is 6.42 Å². The monoisotopic (exact) mass is 284 g/mol. The second kappa shape index (κ2) is 14.6. The molecular weight excluding hydrogens is 252 g/mol. The van der Waals surface area contributed by atoms with Crippen molar-refractivity contribution in [3.8, 4) is 0 Å². The zero-order chi connectivity index (χ0) is 15.1. The van der Waals surface area contributed by atoms with E-state index in [1.54, 1.807) is 6.92 Å². The van der Waals surface area contributed by atoms with Crippen molar-refractivity contribution in [3.05, 3.63) is 12.2 Å². The first-order valence-electron chi connectivity index (χ1n) is 8.15. The first-order valence-corrected chi connectivity index (χ1v) is 8.15. The van der Waals surface area contributed by atoms with Crippen LogP contribution in [-0.2, 0) is 9.53 Å². The highest BCUT2D eigenvalue weighted by Crippen LogP contribution is 2.08. The van der Waals surface area contributed by atoms with Crippen LogP contribution in [0.2, 0.25) is 0 Å². The van der Waals surface area contributed by atoms with Gasteiger partial charge in [-0.2, -0.15) is 0 Å². The van der Waals surface area contributed by atoms with Crippen LogP contribution in [0.25, 0.3) is 0 Å². The van der Waals surface area contributed by atoms with E-state index >= 15 is 0 Å². The second-order valence-electron chi connectivity index (χ2n) is 5.45. The molecule has 0 aliphatic carbocycles. The number of unbranched alkanes of at least 4 members (excludes halogenated alkanes) is 7. The third-order valence-electron chi connectivity index (χ3n) is 3.13. The number of carbonyl (C=O) groups is 1. The quantitative estimate of drug-likeness (QED) is 0.310. The summed E-state index contributed by atoms with van der Waals surface area (Å²) in [4.78, 5) is 11.3. The zero-order valence-corrected chi connectivity index (χ0v) is 13.3. The maximum Gasteiger partial charge on any atom is 0.305 e. The molecule has 0 amide bonds. The highest BCUT2D eigenvalue weighted by atomic mass is 16.5. The Morgan fingerprint density at radius 3 is 2.30 bits per heavy atom. The Bertz CT molecular complexity index is 247. The van der Waals surface area contributed by atoms with Gasteiger partial charge in [0.15, 0.2) is 0 Å². The highest BCUT2D eigenvalue weighted by Gasteiger charge is 2.04. The first kappa shape index (κ1) is 19.2. The summed E-state index contributed by atoms with van der Waals surface area (Å²) in [6, 6.07) is 0. The fourth-order valence-electron chi connectivity index (χ4n) is 1.91. The lowest BCUT2D eigenvalue weighted by Gasteiger charge is -2.06. The molecule has 0 radical (unpaired) electrons. The number of aliphatic hydroxyl groups excluding tert-OH is 1. The Morgan fingerprint density at radius 2 is 1.65 bits per heavy atom. The number of aliphatic hydroxyl groups is 1. The molecule has 0 rings (SSSR count).